The van der Waals surface area contributed by atoms with E-state index in [0.717, 1.165) is 19.3 Å². The van der Waals surface area contributed by atoms with E-state index in [1.165, 1.54) is 57.5 Å². The maximum Gasteiger partial charge on any atom is 0.407 e. The molecule has 0 aromatic carbocycles. The molecule has 0 fully saturated rings. The second-order valence-electron chi connectivity index (χ2n) is 9.32. The van der Waals surface area contributed by atoms with Crippen LogP contribution in [-0.2, 0) is 20.7 Å². The average Bonchev–Trinajstić information content (AvgIpc) is 3.29. The summed E-state index contributed by atoms with van der Waals surface area (Å²) in [6, 6.07) is -2.00. The van der Waals surface area contributed by atoms with Crippen molar-refractivity contribution in [2.45, 2.75) is 110 Å². The van der Waals surface area contributed by atoms with Gasteiger partial charge in [0.05, 0.1) is 12.9 Å². The molecule has 1 aromatic rings. The molecule has 2 amide bonds. The van der Waals surface area contributed by atoms with Crippen LogP contribution in [0.3, 0.4) is 0 Å². The molecule has 2 atom stereocenters. The molecule has 1 heterocycles. The van der Waals surface area contributed by atoms with Gasteiger partial charge in [-0.3, -0.25) is 4.79 Å². The van der Waals surface area contributed by atoms with Gasteiger partial charge in [0.25, 0.3) is 0 Å². The number of carbonyl (C=O) groups excluding carboxylic acids is 2. The SMILES string of the molecule is CCCCCCCCCCCCOC(=O)N[C@@H](CC(C)C)C(=O)N[C@@H](Cc1cnc[nH]1)C(=O)O. The lowest BCUT2D eigenvalue weighted by Crippen LogP contribution is -2.52. The van der Waals surface area contributed by atoms with E-state index in [9.17, 15) is 19.5 Å². The van der Waals surface area contributed by atoms with Crippen LogP contribution in [-0.4, -0.2) is 51.7 Å². The largest absolute Gasteiger partial charge is 0.480 e. The number of ether oxygens (including phenoxy) is 1. The highest BCUT2D eigenvalue weighted by Crippen LogP contribution is 2.11. The Hall–Kier alpha value is -2.58. The third-order valence-corrected chi connectivity index (χ3v) is 5.64. The standard InChI is InChI=1S/C25H44N4O5/c1-4-5-6-7-8-9-10-11-12-13-14-34-25(33)29-21(15-19(2)3)23(30)28-22(24(31)32)16-20-17-26-18-27-20/h17-19,21-22H,4-16H2,1-3H3,(H,26,27)(H,28,30)(H,29,33)(H,31,32)/t21-,22-/m0/s1. The van der Waals surface area contributed by atoms with Crippen molar-refractivity contribution in [3.8, 4) is 0 Å². The van der Waals surface area contributed by atoms with E-state index >= 15 is 0 Å². The normalized spacial score (nSPS) is 12.8. The lowest BCUT2D eigenvalue weighted by molar-refractivity contribution is -0.142. The van der Waals surface area contributed by atoms with Crippen molar-refractivity contribution in [3.05, 3.63) is 18.2 Å². The van der Waals surface area contributed by atoms with Gasteiger partial charge < -0.3 is 25.5 Å². The highest BCUT2D eigenvalue weighted by Gasteiger charge is 2.28. The van der Waals surface area contributed by atoms with Gasteiger partial charge in [-0.1, -0.05) is 78.6 Å². The van der Waals surface area contributed by atoms with E-state index in [2.05, 4.69) is 27.5 Å². The van der Waals surface area contributed by atoms with Crippen LogP contribution in [0.2, 0.25) is 0 Å². The summed E-state index contributed by atoms with van der Waals surface area (Å²) in [4.78, 5) is 43.3. The molecule has 9 nitrogen and oxygen atoms in total. The molecule has 9 heteroatoms. The van der Waals surface area contributed by atoms with Crippen LogP contribution in [0, 0.1) is 5.92 Å². The van der Waals surface area contributed by atoms with Crippen LogP contribution in [0.5, 0.6) is 0 Å². The fourth-order valence-electron chi connectivity index (χ4n) is 3.73. The fourth-order valence-corrected chi connectivity index (χ4v) is 3.73. The van der Waals surface area contributed by atoms with Crippen molar-refractivity contribution in [3.63, 3.8) is 0 Å². The highest BCUT2D eigenvalue weighted by atomic mass is 16.5. The number of alkyl carbamates (subject to hydrolysis) is 1. The Morgan fingerprint density at radius 2 is 1.59 bits per heavy atom. The number of nitrogens with one attached hydrogen (secondary N) is 3. The quantitative estimate of drug-likeness (QED) is 0.214. The molecule has 0 spiro atoms. The lowest BCUT2D eigenvalue weighted by Gasteiger charge is -2.22. The minimum absolute atomic E-state index is 0.0681. The number of aromatic amines is 1. The maximum absolute atomic E-state index is 12.7. The second-order valence-corrected chi connectivity index (χ2v) is 9.32. The van der Waals surface area contributed by atoms with Crippen LogP contribution in [0.1, 0.15) is 97.1 Å². The molecule has 0 saturated heterocycles. The monoisotopic (exact) mass is 480 g/mol. The Kier molecular flexibility index (Phi) is 15.5. The summed E-state index contributed by atoms with van der Waals surface area (Å²) < 4.78 is 5.25. The van der Waals surface area contributed by atoms with E-state index in [0.29, 0.717) is 18.7 Å². The first kappa shape index (κ1) is 29.5. The number of amides is 2. The molecule has 1 aromatic heterocycles. The zero-order valence-corrected chi connectivity index (χ0v) is 21.1. The molecule has 0 aliphatic heterocycles. The molecule has 0 radical (unpaired) electrons. The topological polar surface area (TPSA) is 133 Å². The molecule has 0 bridgehead atoms. The van der Waals surface area contributed by atoms with E-state index in [1.807, 2.05) is 13.8 Å². The number of carboxylic acid groups (broad SMARTS) is 1. The zero-order chi connectivity index (χ0) is 25.2. The fraction of sp³-hybridized carbons (Fsp3) is 0.760. The van der Waals surface area contributed by atoms with Crippen LogP contribution in [0.4, 0.5) is 4.79 Å². The minimum Gasteiger partial charge on any atom is -0.480 e. The lowest BCUT2D eigenvalue weighted by atomic mass is 10.0. The summed E-state index contributed by atoms with van der Waals surface area (Å²) in [5.74, 6) is -1.58. The van der Waals surface area contributed by atoms with Gasteiger partial charge in [-0.2, -0.15) is 0 Å². The number of carboxylic acids is 1. The smallest absolute Gasteiger partial charge is 0.407 e. The summed E-state index contributed by atoms with van der Waals surface area (Å²) in [5, 5.41) is 14.6. The third-order valence-electron chi connectivity index (χ3n) is 5.64. The number of unbranched alkanes of at least 4 members (excludes halogenated alkanes) is 9. The van der Waals surface area contributed by atoms with Crippen molar-refractivity contribution < 1.29 is 24.2 Å². The minimum atomic E-state index is -1.16. The number of H-pyrrole nitrogens is 1. The summed E-state index contributed by atoms with van der Waals surface area (Å²) in [6.45, 7) is 6.38. The van der Waals surface area contributed by atoms with Crippen LogP contribution < -0.4 is 10.6 Å². The van der Waals surface area contributed by atoms with Crippen molar-refractivity contribution in [2.24, 2.45) is 5.92 Å². The number of carbonyl (C=O) groups is 3. The van der Waals surface area contributed by atoms with Crippen LogP contribution in [0.15, 0.2) is 12.5 Å². The predicted octanol–water partition coefficient (Wildman–Crippen LogP) is 4.58. The van der Waals surface area contributed by atoms with E-state index in [4.69, 9.17) is 4.74 Å². The molecule has 0 unspecified atom stereocenters. The molecule has 1 rings (SSSR count). The summed E-state index contributed by atoms with van der Waals surface area (Å²) >= 11 is 0. The van der Waals surface area contributed by atoms with Gasteiger partial charge in [-0.05, 0) is 18.8 Å². The van der Waals surface area contributed by atoms with Crippen molar-refractivity contribution in [1.82, 2.24) is 20.6 Å². The van der Waals surface area contributed by atoms with Gasteiger partial charge in [0, 0.05) is 18.3 Å². The van der Waals surface area contributed by atoms with Gasteiger partial charge in [0.15, 0.2) is 0 Å². The van der Waals surface area contributed by atoms with Gasteiger partial charge >= 0.3 is 12.1 Å². The Bertz CT molecular complexity index is 693. The Labute approximate surface area is 203 Å². The molecule has 0 aliphatic carbocycles. The van der Waals surface area contributed by atoms with E-state index in [-0.39, 0.29) is 12.3 Å². The van der Waals surface area contributed by atoms with Gasteiger partial charge in [0.2, 0.25) is 5.91 Å². The maximum atomic E-state index is 12.7. The molecular weight excluding hydrogens is 436 g/mol. The van der Waals surface area contributed by atoms with Gasteiger partial charge in [-0.15, -0.1) is 0 Å². The predicted molar refractivity (Wildman–Crippen MR) is 131 cm³/mol. The van der Waals surface area contributed by atoms with Crippen LogP contribution >= 0.6 is 0 Å². The number of rotatable bonds is 19. The number of aliphatic carboxylic acids is 1. The Morgan fingerprint density at radius 1 is 0.971 bits per heavy atom. The number of imidazole rings is 1. The van der Waals surface area contributed by atoms with E-state index in [1.54, 1.807) is 0 Å². The molecule has 194 valence electrons. The molecular formula is C25H44N4O5. The Morgan fingerprint density at radius 3 is 2.12 bits per heavy atom. The molecule has 0 aliphatic rings. The van der Waals surface area contributed by atoms with Crippen molar-refractivity contribution in [2.75, 3.05) is 6.61 Å². The van der Waals surface area contributed by atoms with E-state index < -0.39 is 30.1 Å². The summed E-state index contributed by atoms with van der Waals surface area (Å²) in [7, 11) is 0. The van der Waals surface area contributed by atoms with Crippen LogP contribution in [0.25, 0.3) is 0 Å². The first-order valence-electron chi connectivity index (χ1n) is 12.8. The third kappa shape index (κ3) is 13.9. The zero-order valence-electron chi connectivity index (χ0n) is 21.1. The second kappa shape index (κ2) is 17.8. The average molecular weight is 481 g/mol. The summed E-state index contributed by atoms with van der Waals surface area (Å²) in [6.07, 6.45) is 14.7. The molecule has 0 saturated carbocycles. The number of hydrogen-bond acceptors (Lipinski definition) is 5. The molecule has 4 N–H and O–H groups in total. The summed E-state index contributed by atoms with van der Waals surface area (Å²) in [5.41, 5.74) is 0.594. The van der Waals surface area contributed by atoms with Crippen molar-refractivity contribution >= 4 is 18.0 Å². The Balaban J connectivity index is 2.34. The first-order chi connectivity index (χ1) is 16.3. The first-order valence-corrected chi connectivity index (χ1v) is 12.8. The number of nitrogens with zero attached hydrogens (tertiary/aromatic N) is 1. The van der Waals surface area contributed by atoms with Gasteiger partial charge in [-0.25, -0.2) is 14.6 Å². The van der Waals surface area contributed by atoms with Gasteiger partial charge in [0.1, 0.15) is 12.1 Å². The van der Waals surface area contributed by atoms with Crippen molar-refractivity contribution in [1.29, 1.82) is 0 Å². The molecule has 34 heavy (non-hydrogen) atoms. The highest BCUT2D eigenvalue weighted by molar-refractivity contribution is 5.89. The number of hydrogen-bond donors (Lipinski definition) is 4. The number of aromatic nitrogens is 2.